The molecule has 0 spiro atoms. The topological polar surface area (TPSA) is 29.1 Å². The van der Waals surface area contributed by atoms with Gasteiger partial charge in [0.25, 0.3) is 0 Å². The highest BCUT2D eigenvalue weighted by atomic mass is 32.2. The third kappa shape index (κ3) is 4.56. The molecule has 116 valence electrons. The molecule has 0 saturated carbocycles. The van der Waals surface area contributed by atoms with Crippen LogP contribution in [-0.2, 0) is 11.3 Å². The number of carbonyl (C=O) groups is 1. The Morgan fingerprint density at radius 1 is 1.14 bits per heavy atom. The van der Waals surface area contributed by atoms with Crippen LogP contribution in [0.4, 0.5) is 8.78 Å². The highest BCUT2D eigenvalue weighted by molar-refractivity contribution is 8.00. The summed E-state index contributed by atoms with van der Waals surface area (Å²) in [5.74, 6) is -1.94. The molecule has 1 amide bonds. The summed E-state index contributed by atoms with van der Waals surface area (Å²) in [4.78, 5) is 12.6. The quantitative estimate of drug-likeness (QED) is 0.841. The molecule has 0 aliphatic rings. The van der Waals surface area contributed by atoms with Gasteiger partial charge in [0.15, 0.2) is 11.6 Å². The molecule has 0 fully saturated rings. The van der Waals surface area contributed by atoms with Crippen molar-refractivity contribution in [1.29, 1.82) is 0 Å². The molecule has 22 heavy (non-hydrogen) atoms. The SMILES string of the molecule is Cc1ccc(CNC(=O)C(C)Sc2ccc(F)c(F)c2)cc1. The van der Waals surface area contributed by atoms with Gasteiger partial charge in [0.1, 0.15) is 0 Å². The van der Waals surface area contributed by atoms with Crippen molar-refractivity contribution in [2.24, 2.45) is 0 Å². The van der Waals surface area contributed by atoms with Crippen LogP contribution in [0.1, 0.15) is 18.1 Å². The summed E-state index contributed by atoms with van der Waals surface area (Å²) in [5, 5.41) is 2.44. The highest BCUT2D eigenvalue weighted by Crippen LogP contribution is 2.24. The summed E-state index contributed by atoms with van der Waals surface area (Å²) in [6, 6.07) is 11.5. The number of carbonyl (C=O) groups excluding carboxylic acids is 1. The van der Waals surface area contributed by atoms with Gasteiger partial charge in [-0.05, 0) is 37.6 Å². The number of hydrogen-bond donors (Lipinski definition) is 1. The molecule has 1 unspecified atom stereocenters. The molecule has 1 N–H and O–H groups in total. The smallest absolute Gasteiger partial charge is 0.233 e. The molecule has 2 nitrogen and oxygen atoms in total. The second kappa shape index (κ2) is 7.40. The molecule has 0 heterocycles. The first-order valence-corrected chi connectivity index (χ1v) is 7.78. The summed E-state index contributed by atoms with van der Waals surface area (Å²) in [6.45, 7) is 4.18. The lowest BCUT2D eigenvalue weighted by Crippen LogP contribution is -2.30. The van der Waals surface area contributed by atoms with Crippen LogP contribution in [-0.4, -0.2) is 11.2 Å². The number of thioether (sulfide) groups is 1. The Morgan fingerprint density at radius 3 is 2.45 bits per heavy atom. The van der Waals surface area contributed by atoms with Crippen LogP contribution in [0.3, 0.4) is 0 Å². The highest BCUT2D eigenvalue weighted by Gasteiger charge is 2.15. The van der Waals surface area contributed by atoms with E-state index >= 15 is 0 Å². The lowest BCUT2D eigenvalue weighted by molar-refractivity contribution is -0.120. The third-order valence-electron chi connectivity index (χ3n) is 3.16. The Morgan fingerprint density at radius 2 is 1.82 bits per heavy atom. The minimum Gasteiger partial charge on any atom is -0.351 e. The first-order chi connectivity index (χ1) is 10.5. The van der Waals surface area contributed by atoms with E-state index in [4.69, 9.17) is 0 Å². The molecule has 5 heteroatoms. The number of aryl methyl sites for hydroxylation is 1. The second-order valence-corrected chi connectivity index (χ2v) is 6.45. The standard InChI is InChI=1S/C17H17F2NOS/c1-11-3-5-13(6-4-11)10-20-17(21)12(2)22-14-7-8-15(18)16(19)9-14/h3-9,12H,10H2,1-2H3,(H,20,21). The Kier molecular flexibility index (Phi) is 5.55. The molecule has 0 saturated heterocycles. The average Bonchev–Trinajstić information content (AvgIpc) is 2.50. The van der Waals surface area contributed by atoms with E-state index in [0.717, 1.165) is 23.3 Å². The third-order valence-corrected chi connectivity index (χ3v) is 4.25. The van der Waals surface area contributed by atoms with Crippen molar-refractivity contribution in [1.82, 2.24) is 5.32 Å². The van der Waals surface area contributed by atoms with E-state index in [2.05, 4.69) is 5.32 Å². The van der Waals surface area contributed by atoms with Gasteiger partial charge in [-0.25, -0.2) is 8.78 Å². The van der Waals surface area contributed by atoms with E-state index in [9.17, 15) is 13.6 Å². The van der Waals surface area contributed by atoms with E-state index in [-0.39, 0.29) is 5.91 Å². The molecule has 0 aliphatic carbocycles. The molecule has 0 aliphatic heterocycles. The summed E-state index contributed by atoms with van der Waals surface area (Å²) in [5.41, 5.74) is 2.18. The van der Waals surface area contributed by atoms with Gasteiger partial charge < -0.3 is 5.32 Å². The lowest BCUT2D eigenvalue weighted by Gasteiger charge is -2.12. The number of rotatable bonds is 5. The van der Waals surface area contributed by atoms with Gasteiger partial charge in [0.05, 0.1) is 5.25 Å². The van der Waals surface area contributed by atoms with Gasteiger partial charge in [-0.1, -0.05) is 29.8 Å². The van der Waals surface area contributed by atoms with E-state index in [1.165, 1.54) is 17.8 Å². The second-order valence-electron chi connectivity index (χ2n) is 5.04. The molecule has 0 aromatic heterocycles. The molecule has 0 bridgehead atoms. The number of benzene rings is 2. The number of hydrogen-bond acceptors (Lipinski definition) is 2. The number of amides is 1. The zero-order chi connectivity index (χ0) is 16.1. The van der Waals surface area contributed by atoms with Crippen molar-refractivity contribution in [3.05, 3.63) is 65.2 Å². The van der Waals surface area contributed by atoms with Gasteiger partial charge in [0, 0.05) is 11.4 Å². The number of halogens is 2. The predicted molar refractivity (Wildman–Crippen MR) is 84.7 cm³/mol. The fourth-order valence-corrected chi connectivity index (χ4v) is 2.76. The maximum absolute atomic E-state index is 13.1. The molecular weight excluding hydrogens is 304 g/mol. The van der Waals surface area contributed by atoms with Crippen molar-refractivity contribution in [3.8, 4) is 0 Å². The van der Waals surface area contributed by atoms with E-state index in [0.29, 0.717) is 11.4 Å². The summed E-state index contributed by atoms with van der Waals surface area (Å²) >= 11 is 1.19. The fraction of sp³-hybridized carbons (Fsp3) is 0.235. The van der Waals surface area contributed by atoms with Gasteiger partial charge in [-0.3, -0.25) is 4.79 Å². The zero-order valence-corrected chi connectivity index (χ0v) is 13.2. The lowest BCUT2D eigenvalue weighted by atomic mass is 10.1. The summed E-state index contributed by atoms with van der Waals surface area (Å²) < 4.78 is 26.0. The van der Waals surface area contributed by atoms with Crippen molar-refractivity contribution >= 4 is 17.7 Å². The van der Waals surface area contributed by atoms with Crippen LogP contribution in [0.15, 0.2) is 47.4 Å². The first-order valence-electron chi connectivity index (χ1n) is 6.90. The Labute approximate surface area is 132 Å². The van der Waals surface area contributed by atoms with Crippen LogP contribution >= 0.6 is 11.8 Å². The first kappa shape index (κ1) is 16.5. The molecule has 2 aromatic rings. The van der Waals surface area contributed by atoms with Crippen molar-refractivity contribution in [2.75, 3.05) is 0 Å². The molecule has 2 rings (SSSR count). The Bertz CT molecular complexity index is 658. The van der Waals surface area contributed by atoms with Crippen LogP contribution in [0.5, 0.6) is 0 Å². The van der Waals surface area contributed by atoms with Gasteiger partial charge in [0.2, 0.25) is 5.91 Å². The van der Waals surface area contributed by atoms with Gasteiger partial charge >= 0.3 is 0 Å². The zero-order valence-electron chi connectivity index (χ0n) is 12.4. The van der Waals surface area contributed by atoms with Crippen molar-refractivity contribution in [3.63, 3.8) is 0 Å². The van der Waals surface area contributed by atoms with Crippen molar-refractivity contribution in [2.45, 2.75) is 30.5 Å². The van der Waals surface area contributed by atoms with E-state index < -0.39 is 16.9 Å². The average molecular weight is 321 g/mol. The summed E-state index contributed by atoms with van der Waals surface area (Å²) in [7, 11) is 0. The predicted octanol–water partition coefficient (Wildman–Crippen LogP) is 4.07. The van der Waals surface area contributed by atoms with E-state index in [1.54, 1.807) is 6.92 Å². The van der Waals surface area contributed by atoms with E-state index in [1.807, 2.05) is 31.2 Å². The minimum absolute atomic E-state index is 0.143. The summed E-state index contributed by atoms with van der Waals surface area (Å²) in [6.07, 6.45) is 0. The number of nitrogens with one attached hydrogen (secondary N) is 1. The molecule has 1 atom stereocenters. The fourth-order valence-electron chi connectivity index (χ4n) is 1.85. The maximum Gasteiger partial charge on any atom is 0.233 e. The maximum atomic E-state index is 13.1. The Balaban J connectivity index is 1.88. The normalized spacial score (nSPS) is 12.0. The van der Waals surface area contributed by atoms with Crippen LogP contribution in [0, 0.1) is 18.6 Å². The largest absolute Gasteiger partial charge is 0.351 e. The monoisotopic (exact) mass is 321 g/mol. The molecular formula is C17H17F2NOS. The molecule has 2 aromatic carbocycles. The molecule has 0 radical (unpaired) electrons. The van der Waals surface area contributed by atoms with Crippen LogP contribution < -0.4 is 5.32 Å². The van der Waals surface area contributed by atoms with Crippen molar-refractivity contribution < 1.29 is 13.6 Å². The Hall–Kier alpha value is -1.88. The minimum atomic E-state index is -0.905. The van der Waals surface area contributed by atoms with Gasteiger partial charge in [-0.2, -0.15) is 0 Å². The van der Waals surface area contributed by atoms with Crippen LogP contribution in [0.25, 0.3) is 0 Å². The van der Waals surface area contributed by atoms with Gasteiger partial charge in [-0.15, -0.1) is 11.8 Å². The van der Waals surface area contributed by atoms with Crippen LogP contribution in [0.2, 0.25) is 0 Å².